The highest BCUT2D eigenvalue weighted by molar-refractivity contribution is 5.80. The van der Waals surface area contributed by atoms with Gasteiger partial charge in [-0.2, -0.15) is 0 Å². The highest BCUT2D eigenvalue weighted by Crippen LogP contribution is 2.19. The molecule has 9 heteroatoms. The molecule has 0 radical (unpaired) electrons. The van der Waals surface area contributed by atoms with Crippen LogP contribution in [0.5, 0.6) is 0 Å². The fraction of sp³-hybridized carbons (Fsp3) is 0.778. The molecule has 0 aromatic carbocycles. The molecule has 9 nitrogen and oxygen atoms in total. The smallest absolute Gasteiger partial charge is 0.409 e. The average Bonchev–Trinajstić information content (AvgIpc) is 2.30. The largest absolute Gasteiger partial charge is 0.450 e. The van der Waals surface area contributed by atoms with Gasteiger partial charge in [-0.15, -0.1) is 0 Å². The Bertz CT molecular complexity index is 324. The normalized spacial score (nSPS) is 35.9. The van der Waals surface area contributed by atoms with Crippen LogP contribution < -0.4 is 11.1 Å². The Morgan fingerprint density at radius 1 is 1.28 bits per heavy atom. The second-order valence-electron chi connectivity index (χ2n) is 3.72. The molecule has 0 saturated carbocycles. The fourth-order valence-corrected chi connectivity index (χ4v) is 1.52. The first-order chi connectivity index (χ1) is 8.38. The molecule has 1 saturated heterocycles. The molecule has 0 aliphatic carbocycles. The highest BCUT2D eigenvalue weighted by Gasteiger charge is 2.46. The van der Waals surface area contributed by atoms with Gasteiger partial charge in [-0.1, -0.05) is 0 Å². The lowest BCUT2D eigenvalue weighted by Crippen LogP contribution is -2.65. The Hall–Kier alpha value is -1.42. The van der Waals surface area contributed by atoms with Crippen LogP contribution in [0.2, 0.25) is 0 Å². The first-order valence-corrected chi connectivity index (χ1v) is 5.30. The predicted octanol–water partition coefficient (Wildman–Crippen LogP) is -2.97. The van der Waals surface area contributed by atoms with Crippen molar-refractivity contribution in [2.24, 2.45) is 5.73 Å². The van der Waals surface area contributed by atoms with Crippen molar-refractivity contribution in [2.75, 3.05) is 6.61 Å². The van der Waals surface area contributed by atoms with E-state index in [0.717, 1.165) is 0 Å². The third kappa shape index (κ3) is 3.07. The third-order valence-electron chi connectivity index (χ3n) is 2.43. The summed E-state index contributed by atoms with van der Waals surface area (Å²) in [6, 6.07) is 0. The number of hydrogen-bond acceptors (Lipinski definition) is 7. The van der Waals surface area contributed by atoms with Gasteiger partial charge < -0.3 is 30.5 Å². The molecular weight excluding hydrogens is 248 g/mol. The van der Waals surface area contributed by atoms with E-state index in [1.807, 2.05) is 0 Å². The Kier molecular flexibility index (Phi) is 4.84. The summed E-state index contributed by atoms with van der Waals surface area (Å²) in [5.74, 6) is -1.02. The van der Waals surface area contributed by atoms with Crippen LogP contribution in [-0.2, 0) is 14.3 Å². The van der Waals surface area contributed by atoms with Gasteiger partial charge >= 0.3 is 6.09 Å². The van der Waals surface area contributed by atoms with Gasteiger partial charge in [-0.25, -0.2) is 4.79 Å². The number of carbonyl (C=O) groups excluding carboxylic acids is 2. The van der Waals surface area contributed by atoms with Crippen LogP contribution in [0.1, 0.15) is 6.92 Å². The molecule has 1 fully saturated rings. The molecule has 104 valence electrons. The van der Waals surface area contributed by atoms with Gasteiger partial charge in [-0.3, -0.25) is 10.1 Å². The number of primary amides is 1. The lowest BCUT2D eigenvalue weighted by molar-refractivity contribution is -0.224. The molecule has 0 unspecified atom stereocenters. The molecule has 1 rings (SSSR count). The molecule has 1 heterocycles. The van der Waals surface area contributed by atoms with E-state index in [1.54, 1.807) is 6.92 Å². The first-order valence-electron chi connectivity index (χ1n) is 5.30. The number of rotatable bonds is 3. The van der Waals surface area contributed by atoms with Crippen LogP contribution in [-0.4, -0.2) is 64.6 Å². The molecule has 6 N–H and O–H groups in total. The number of aliphatic hydroxyl groups excluding tert-OH is 3. The van der Waals surface area contributed by atoms with E-state index in [0.29, 0.717) is 0 Å². The number of amides is 2. The minimum atomic E-state index is -1.68. The van der Waals surface area contributed by atoms with E-state index in [-0.39, 0.29) is 6.61 Å². The summed E-state index contributed by atoms with van der Waals surface area (Å²) in [5, 5.41) is 30.6. The number of alkyl carbamates (subject to hydrolysis) is 1. The SMILES string of the molecule is CCOC(=O)N[C@H]1O[C@@H](C(N)=O)[C@@H](O)[C@@H](O)[C@H]1O. The van der Waals surface area contributed by atoms with E-state index in [2.05, 4.69) is 10.1 Å². The summed E-state index contributed by atoms with van der Waals surface area (Å²) in [4.78, 5) is 22.1. The van der Waals surface area contributed by atoms with Gasteiger partial charge in [0.25, 0.3) is 0 Å². The van der Waals surface area contributed by atoms with Gasteiger partial charge in [0.1, 0.15) is 18.3 Å². The quantitative estimate of drug-likeness (QED) is 0.365. The molecule has 5 atom stereocenters. The number of aliphatic hydroxyl groups is 3. The average molecular weight is 264 g/mol. The van der Waals surface area contributed by atoms with Crippen LogP contribution in [0.25, 0.3) is 0 Å². The summed E-state index contributed by atoms with van der Waals surface area (Å²) in [7, 11) is 0. The molecule has 0 bridgehead atoms. The maximum Gasteiger partial charge on any atom is 0.409 e. The van der Waals surface area contributed by atoms with Crippen molar-refractivity contribution in [3.63, 3.8) is 0 Å². The zero-order valence-electron chi connectivity index (χ0n) is 9.65. The number of ether oxygens (including phenoxy) is 2. The van der Waals surface area contributed by atoms with Crippen LogP contribution in [0.3, 0.4) is 0 Å². The van der Waals surface area contributed by atoms with Crippen LogP contribution in [0.4, 0.5) is 4.79 Å². The molecule has 0 aromatic heterocycles. The molecular formula is C9H16N2O7. The molecule has 1 aliphatic rings. The summed E-state index contributed by atoms with van der Waals surface area (Å²) in [6.07, 6.45) is -8.79. The second kappa shape index (κ2) is 5.96. The van der Waals surface area contributed by atoms with E-state index >= 15 is 0 Å². The maximum atomic E-state index is 11.1. The van der Waals surface area contributed by atoms with Gasteiger partial charge in [0, 0.05) is 0 Å². The number of carbonyl (C=O) groups is 2. The highest BCUT2D eigenvalue weighted by atomic mass is 16.6. The topological polar surface area (TPSA) is 151 Å². The Morgan fingerprint density at radius 3 is 2.39 bits per heavy atom. The fourth-order valence-electron chi connectivity index (χ4n) is 1.52. The zero-order valence-corrected chi connectivity index (χ0v) is 9.65. The lowest BCUT2D eigenvalue weighted by atomic mass is 9.98. The first kappa shape index (κ1) is 14.6. The van der Waals surface area contributed by atoms with Crippen molar-refractivity contribution < 1.29 is 34.4 Å². The van der Waals surface area contributed by atoms with Crippen molar-refractivity contribution in [1.29, 1.82) is 0 Å². The third-order valence-corrected chi connectivity index (χ3v) is 2.43. The molecule has 0 aromatic rings. The predicted molar refractivity (Wildman–Crippen MR) is 56.0 cm³/mol. The van der Waals surface area contributed by atoms with E-state index in [9.17, 15) is 24.9 Å². The van der Waals surface area contributed by atoms with E-state index < -0.39 is 42.6 Å². The Labute approximate surface area is 102 Å². The monoisotopic (exact) mass is 264 g/mol. The summed E-state index contributed by atoms with van der Waals surface area (Å²) in [6.45, 7) is 1.67. The van der Waals surface area contributed by atoms with Crippen molar-refractivity contribution in [2.45, 2.75) is 37.6 Å². The van der Waals surface area contributed by atoms with Gasteiger partial charge in [0.2, 0.25) is 5.91 Å². The van der Waals surface area contributed by atoms with Crippen molar-refractivity contribution in [1.82, 2.24) is 5.32 Å². The maximum absolute atomic E-state index is 11.1. The summed E-state index contributed by atoms with van der Waals surface area (Å²) < 4.78 is 9.46. The van der Waals surface area contributed by atoms with Gasteiger partial charge in [-0.05, 0) is 6.92 Å². The molecule has 18 heavy (non-hydrogen) atoms. The minimum absolute atomic E-state index is 0.0963. The molecule has 1 aliphatic heterocycles. The van der Waals surface area contributed by atoms with Gasteiger partial charge in [0.15, 0.2) is 12.3 Å². The van der Waals surface area contributed by atoms with Crippen molar-refractivity contribution in [3.05, 3.63) is 0 Å². The zero-order chi connectivity index (χ0) is 13.9. The molecule has 0 spiro atoms. The second-order valence-corrected chi connectivity index (χ2v) is 3.72. The number of nitrogens with one attached hydrogen (secondary N) is 1. The summed E-state index contributed by atoms with van der Waals surface area (Å²) in [5.41, 5.74) is 4.96. The minimum Gasteiger partial charge on any atom is -0.450 e. The van der Waals surface area contributed by atoms with Crippen LogP contribution in [0.15, 0.2) is 0 Å². The van der Waals surface area contributed by atoms with Crippen LogP contribution >= 0.6 is 0 Å². The molecule has 2 amide bonds. The van der Waals surface area contributed by atoms with E-state index in [1.165, 1.54) is 0 Å². The summed E-state index contributed by atoms with van der Waals surface area (Å²) >= 11 is 0. The standard InChI is InChI=1S/C9H16N2O7/c1-2-17-9(16)11-8-5(14)3(12)4(13)6(18-8)7(10)15/h3-6,8,12-14H,2H2,1H3,(H2,10,15)(H,11,16)/t3-,4+,5-,6-,8+/m1/s1. The lowest BCUT2D eigenvalue weighted by Gasteiger charge is -2.39. The number of nitrogens with two attached hydrogens (primary N) is 1. The van der Waals surface area contributed by atoms with E-state index in [4.69, 9.17) is 10.5 Å². The Morgan fingerprint density at radius 2 is 1.89 bits per heavy atom. The van der Waals surface area contributed by atoms with Gasteiger partial charge in [0.05, 0.1) is 6.61 Å². The Balaban J connectivity index is 2.73. The number of hydrogen-bond donors (Lipinski definition) is 5. The van der Waals surface area contributed by atoms with Crippen LogP contribution in [0, 0.1) is 0 Å². The van der Waals surface area contributed by atoms with Crippen molar-refractivity contribution >= 4 is 12.0 Å². The van der Waals surface area contributed by atoms with Crippen molar-refractivity contribution in [3.8, 4) is 0 Å².